The molecule has 0 atom stereocenters. The third-order valence-electron chi connectivity index (χ3n) is 4.73. The Kier molecular flexibility index (Phi) is 4.88. The second kappa shape index (κ2) is 7.08. The van der Waals surface area contributed by atoms with Gasteiger partial charge in [0.1, 0.15) is 5.75 Å². The number of rotatable bonds is 4. The average Bonchev–Trinajstić information content (AvgIpc) is 3.20. The molecule has 1 aliphatic rings. The number of ether oxygens (including phenoxy) is 1. The lowest BCUT2D eigenvalue weighted by atomic mass is 9.87. The van der Waals surface area contributed by atoms with Crippen molar-refractivity contribution in [2.75, 3.05) is 11.4 Å². The fourth-order valence-electron chi connectivity index (χ4n) is 3.46. The van der Waals surface area contributed by atoms with Crippen LogP contribution in [0.5, 0.6) is 5.75 Å². The smallest absolute Gasteiger partial charge is 0.270 e. The van der Waals surface area contributed by atoms with Crippen molar-refractivity contribution in [2.45, 2.75) is 39.2 Å². The van der Waals surface area contributed by atoms with E-state index in [-0.39, 0.29) is 11.5 Å². The third-order valence-corrected chi connectivity index (χ3v) is 5.52. The van der Waals surface area contributed by atoms with Gasteiger partial charge < -0.3 is 14.2 Å². The Morgan fingerprint density at radius 1 is 1.21 bits per heavy atom. The van der Waals surface area contributed by atoms with E-state index < -0.39 is 0 Å². The molecule has 2 aromatic carbocycles. The van der Waals surface area contributed by atoms with E-state index in [1.165, 1.54) is 5.56 Å². The second-order valence-electron chi connectivity index (χ2n) is 7.84. The van der Waals surface area contributed by atoms with Crippen LogP contribution in [0, 0.1) is 0 Å². The normalized spacial score (nSPS) is 15.2. The van der Waals surface area contributed by atoms with Crippen LogP contribution >= 0.6 is 27.5 Å². The summed E-state index contributed by atoms with van der Waals surface area (Å²) in [5, 5.41) is 4.73. The summed E-state index contributed by atoms with van der Waals surface area (Å²) in [6.07, 6.45) is 0.0528. The average molecular weight is 463 g/mol. The molecule has 146 valence electrons. The zero-order chi connectivity index (χ0) is 20.1. The van der Waals surface area contributed by atoms with Gasteiger partial charge in [0, 0.05) is 27.7 Å². The molecular weight excluding hydrogens is 442 g/mol. The van der Waals surface area contributed by atoms with Crippen molar-refractivity contribution in [1.82, 2.24) is 10.1 Å². The van der Waals surface area contributed by atoms with Crippen molar-refractivity contribution in [3.8, 4) is 17.2 Å². The molecule has 0 saturated carbocycles. The van der Waals surface area contributed by atoms with E-state index in [9.17, 15) is 0 Å². The summed E-state index contributed by atoms with van der Waals surface area (Å²) in [6, 6.07) is 11.8. The van der Waals surface area contributed by atoms with Crippen LogP contribution in [0.4, 0.5) is 11.6 Å². The molecule has 1 aliphatic heterocycles. The molecule has 0 fully saturated rings. The van der Waals surface area contributed by atoms with Gasteiger partial charge in [-0.2, -0.15) is 4.98 Å². The largest absolute Gasteiger partial charge is 0.489 e. The van der Waals surface area contributed by atoms with Crippen LogP contribution < -0.4 is 9.64 Å². The zero-order valence-electron chi connectivity index (χ0n) is 16.2. The molecule has 0 spiro atoms. The summed E-state index contributed by atoms with van der Waals surface area (Å²) in [7, 11) is 0. The summed E-state index contributed by atoms with van der Waals surface area (Å²) in [6.45, 7) is 9.13. The quantitative estimate of drug-likeness (QED) is 0.451. The standard InChI is InChI=1S/C21H21BrClN3O2/c1-12(2)27-18-8-5-13(9-16(18)23)19-24-20(25-28-19)26-11-21(3,4)15-10-14(22)6-7-17(15)26/h5-10,12H,11H2,1-4H3. The maximum absolute atomic E-state index is 6.35. The highest BCUT2D eigenvalue weighted by atomic mass is 79.9. The fourth-order valence-corrected chi connectivity index (χ4v) is 4.04. The number of fused-ring (bicyclic) bond motifs is 1. The van der Waals surface area contributed by atoms with Crippen LogP contribution in [0.15, 0.2) is 45.4 Å². The molecule has 0 saturated heterocycles. The van der Waals surface area contributed by atoms with Gasteiger partial charge in [-0.3, -0.25) is 0 Å². The molecule has 1 aromatic heterocycles. The van der Waals surface area contributed by atoms with Crippen molar-refractivity contribution < 1.29 is 9.26 Å². The molecule has 0 unspecified atom stereocenters. The monoisotopic (exact) mass is 461 g/mol. The molecular formula is C21H21BrClN3O2. The van der Waals surface area contributed by atoms with Gasteiger partial charge >= 0.3 is 0 Å². The van der Waals surface area contributed by atoms with Gasteiger partial charge in [0.2, 0.25) is 0 Å². The molecule has 2 heterocycles. The lowest BCUT2D eigenvalue weighted by molar-refractivity contribution is 0.242. The first-order valence-corrected chi connectivity index (χ1v) is 10.3. The summed E-state index contributed by atoms with van der Waals surface area (Å²) < 4.78 is 12.3. The molecule has 4 rings (SSSR count). The first kappa shape index (κ1) is 19.3. The van der Waals surface area contributed by atoms with Crippen molar-refractivity contribution >= 4 is 39.2 Å². The van der Waals surface area contributed by atoms with Crippen LogP contribution in [-0.4, -0.2) is 22.8 Å². The van der Waals surface area contributed by atoms with E-state index in [4.69, 9.17) is 20.9 Å². The van der Waals surface area contributed by atoms with Crippen molar-refractivity contribution in [2.24, 2.45) is 0 Å². The third kappa shape index (κ3) is 3.51. The lowest BCUT2D eigenvalue weighted by Gasteiger charge is -2.19. The molecule has 3 aromatic rings. The molecule has 0 bridgehead atoms. The number of hydrogen-bond donors (Lipinski definition) is 0. The topological polar surface area (TPSA) is 51.4 Å². The van der Waals surface area contributed by atoms with Crippen molar-refractivity contribution in [3.05, 3.63) is 51.5 Å². The highest BCUT2D eigenvalue weighted by Crippen LogP contribution is 2.44. The predicted molar refractivity (Wildman–Crippen MR) is 115 cm³/mol. The van der Waals surface area contributed by atoms with Crippen LogP contribution in [0.25, 0.3) is 11.5 Å². The highest BCUT2D eigenvalue weighted by molar-refractivity contribution is 9.10. The molecule has 0 amide bonds. The Balaban J connectivity index is 1.65. The number of hydrogen-bond acceptors (Lipinski definition) is 5. The summed E-state index contributed by atoms with van der Waals surface area (Å²) >= 11 is 9.91. The second-order valence-corrected chi connectivity index (χ2v) is 9.17. The Hall–Kier alpha value is -2.05. The van der Waals surface area contributed by atoms with Crippen LogP contribution in [0.2, 0.25) is 5.02 Å². The molecule has 0 aliphatic carbocycles. The van der Waals surface area contributed by atoms with E-state index >= 15 is 0 Å². The van der Waals surface area contributed by atoms with E-state index in [0.29, 0.717) is 22.6 Å². The van der Waals surface area contributed by atoms with Gasteiger partial charge in [0.05, 0.1) is 11.1 Å². The van der Waals surface area contributed by atoms with E-state index in [1.807, 2.05) is 32.0 Å². The van der Waals surface area contributed by atoms with Crippen molar-refractivity contribution in [3.63, 3.8) is 0 Å². The maximum atomic E-state index is 6.35. The number of benzene rings is 2. The van der Waals surface area contributed by atoms with Gasteiger partial charge in [-0.1, -0.05) is 41.4 Å². The fraction of sp³-hybridized carbons (Fsp3) is 0.333. The molecule has 0 N–H and O–H groups in total. The van der Waals surface area contributed by atoms with Gasteiger partial charge in [-0.05, 0) is 61.0 Å². The van der Waals surface area contributed by atoms with Gasteiger partial charge in [-0.25, -0.2) is 0 Å². The maximum Gasteiger partial charge on any atom is 0.270 e. The van der Waals surface area contributed by atoms with E-state index in [1.54, 1.807) is 6.07 Å². The van der Waals surface area contributed by atoms with Crippen LogP contribution in [0.3, 0.4) is 0 Å². The summed E-state index contributed by atoms with van der Waals surface area (Å²) in [4.78, 5) is 6.71. The number of anilines is 2. The Morgan fingerprint density at radius 2 is 2.00 bits per heavy atom. The van der Waals surface area contributed by atoms with Gasteiger partial charge in [0.15, 0.2) is 0 Å². The lowest BCUT2D eigenvalue weighted by Crippen LogP contribution is -2.25. The van der Waals surface area contributed by atoms with Gasteiger partial charge in [0.25, 0.3) is 11.8 Å². The minimum Gasteiger partial charge on any atom is -0.489 e. The Labute approximate surface area is 177 Å². The summed E-state index contributed by atoms with van der Waals surface area (Å²) in [5.41, 5.74) is 3.10. The molecule has 28 heavy (non-hydrogen) atoms. The minimum absolute atomic E-state index is 0.0148. The number of halogens is 2. The van der Waals surface area contributed by atoms with E-state index in [2.05, 4.69) is 57.0 Å². The SMILES string of the molecule is CC(C)Oc1ccc(-c2nc(N3CC(C)(C)c4cc(Br)ccc43)no2)cc1Cl. The first-order chi connectivity index (χ1) is 13.2. The number of aromatic nitrogens is 2. The van der Waals surface area contributed by atoms with Gasteiger partial charge in [-0.15, -0.1) is 0 Å². The highest BCUT2D eigenvalue weighted by Gasteiger charge is 2.37. The molecule has 0 radical (unpaired) electrons. The minimum atomic E-state index is -0.0148. The van der Waals surface area contributed by atoms with Crippen LogP contribution in [0.1, 0.15) is 33.3 Å². The molecule has 7 heteroatoms. The molecule has 5 nitrogen and oxygen atoms in total. The van der Waals surface area contributed by atoms with E-state index in [0.717, 1.165) is 22.3 Å². The predicted octanol–water partition coefficient (Wildman–Crippen LogP) is 6.37. The van der Waals surface area contributed by atoms with Crippen LogP contribution in [-0.2, 0) is 5.41 Å². The first-order valence-electron chi connectivity index (χ1n) is 9.12. The summed E-state index contributed by atoms with van der Waals surface area (Å²) in [5.74, 6) is 1.61. The Bertz CT molecular complexity index is 1030. The zero-order valence-corrected chi connectivity index (χ0v) is 18.5. The Morgan fingerprint density at radius 3 is 2.71 bits per heavy atom. The van der Waals surface area contributed by atoms with Crippen molar-refractivity contribution in [1.29, 1.82) is 0 Å². The number of nitrogens with zero attached hydrogens (tertiary/aromatic N) is 3.